The number of benzene rings is 1. The van der Waals surface area contributed by atoms with Crippen molar-refractivity contribution in [3.63, 3.8) is 0 Å². The van der Waals surface area contributed by atoms with Crippen molar-refractivity contribution in [3.8, 4) is 0 Å². The highest BCUT2D eigenvalue weighted by molar-refractivity contribution is 5.14. The van der Waals surface area contributed by atoms with E-state index < -0.39 is 0 Å². The minimum Gasteiger partial charge on any atom is -0.314 e. The van der Waals surface area contributed by atoms with Crippen molar-refractivity contribution in [1.29, 1.82) is 0 Å². The summed E-state index contributed by atoms with van der Waals surface area (Å²) in [6.45, 7) is 6.61. The van der Waals surface area contributed by atoms with E-state index >= 15 is 0 Å². The molecule has 1 unspecified atom stereocenters. The van der Waals surface area contributed by atoms with Gasteiger partial charge in [0.2, 0.25) is 0 Å². The summed E-state index contributed by atoms with van der Waals surface area (Å²) in [5, 5.41) is 6.91. The summed E-state index contributed by atoms with van der Waals surface area (Å²) in [5.74, 6) is 0. The first kappa shape index (κ1) is 12.6. The maximum absolute atomic E-state index is 3.63. The molecule has 0 radical (unpaired) electrons. The summed E-state index contributed by atoms with van der Waals surface area (Å²) in [7, 11) is 2.18. The summed E-state index contributed by atoms with van der Waals surface area (Å²) >= 11 is 0. The average Bonchev–Trinajstić information content (AvgIpc) is 2.25. The Bertz CT molecular complexity index is 321. The van der Waals surface area contributed by atoms with Gasteiger partial charge in [-0.05, 0) is 19.5 Å². The zero-order valence-electron chi connectivity index (χ0n) is 10.8. The topological polar surface area (TPSA) is 27.3 Å². The van der Waals surface area contributed by atoms with Gasteiger partial charge in [-0.2, -0.15) is 0 Å². The van der Waals surface area contributed by atoms with Gasteiger partial charge in [-0.15, -0.1) is 0 Å². The first-order valence-corrected chi connectivity index (χ1v) is 6.43. The highest BCUT2D eigenvalue weighted by atomic mass is 15.2. The molecule has 0 bridgehead atoms. The molecule has 3 heteroatoms. The van der Waals surface area contributed by atoms with Crippen molar-refractivity contribution in [2.75, 3.05) is 26.7 Å². The Morgan fingerprint density at radius 3 is 2.65 bits per heavy atom. The molecule has 17 heavy (non-hydrogen) atoms. The van der Waals surface area contributed by atoms with Gasteiger partial charge in [0.15, 0.2) is 0 Å². The van der Waals surface area contributed by atoms with Crippen LogP contribution in [-0.2, 0) is 6.54 Å². The maximum atomic E-state index is 3.63. The van der Waals surface area contributed by atoms with E-state index in [1.54, 1.807) is 0 Å². The zero-order chi connectivity index (χ0) is 12.1. The SMILES string of the molecule is CC(CN(C)Cc1ccccc1)NC1CNC1. The fourth-order valence-corrected chi connectivity index (χ4v) is 2.29. The summed E-state index contributed by atoms with van der Waals surface area (Å²) in [4.78, 5) is 2.37. The van der Waals surface area contributed by atoms with Gasteiger partial charge in [0.1, 0.15) is 0 Å². The fourth-order valence-electron chi connectivity index (χ4n) is 2.29. The lowest BCUT2D eigenvalue weighted by atomic mass is 10.1. The number of nitrogens with one attached hydrogen (secondary N) is 2. The predicted octanol–water partition coefficient (Wildman–Crippen LogP) is 1.07. The van der Waals surface area contributed by atoms with Crippen molar-refractivity contribution in [3.05, 3.63) is 35.9 Å². The molecule has 0 aliphatic carbocycles. The Balaban J connectivity index is 1.70. The molecular weight excluding hydrogens is 210 g/mol. The van der Waals surface area contributed by atoms with Crippen LogP contribution in [0.3, 0.4) is 0 Å². The molecule has 0 amide bonds. The number of hydrogen-bond donors (Lipinski definition) is 2. The minimum atomic E-state index is 0.552. The summed E-state index contributed by atoms with van der Waals surface area (Å²) in [6, 6.07) is 11.9. The molecule has 1 atom stereocenters. The molecular formula is C14H23N3. The third-order valence-electron chi connectivity index (χ3n) is 3.18. The summed E-state index contributed by atoms with van der Waals surface area (Å²) in [5.41, 5.74) is 1.38. The largest absolute Gasteiger partial charge is 0.314 e. The summed E-state index contributed by atoms with van der Waals surface area (Å²) in [6.07, 6.45) is 0. The number of likely N-dealkylation sites (N-methyl/N-ethyl adjacent to an activating group) is 1. The van der Waals surface area contributed by atoms with Gasteiger partial charge in [0, 0.05) is 38.3 Å². The highest BCUT2D eigenvalue weighted by Crippen LogP contribution is 2.03. The van der Waals surface area contributed by atoms with E-state index in [0.717, 1.165) is 26.2 Å². The fraction of sp³-hybridized carbons (Fsp3) is 0.571. The van der Waals surface area contributed by atoms with Crippen LogP contribution >= 0.6 is 0 Å². The van der Waals surface area contributed by atoms with E-state index in [1.807, 2.05) is 0 Å². The van der Waals surface area contributed by atoms with Crippen LogP contribution in [0.5, 0.6) is 0 Å². The van der Waals surface area contributed by atoms with Gasteiger partial charge in [-0.3, -0.25) is 0 Å². The highest BCUT2D eigenvalue weighted by Gasteiger charge is 2.18. The lowest BCUT2D eigenvalue weighted by Crippen LogP contribution is -2.58. The third-order valence-corrected chi connectivity index (χ3v) is 3.18. The Morgan fingerprint density at radius 1 is 1.35 bits per heavy atom. The molecule has 1 aliphatic rings. The van der Waals surface area contributed by atoms with Crippen LogP contribution in [0.25, 0.3) is 0 Å². The molecule has 1 heterocycles. The van der Waals surface area contributed by atoms with Crippen LogP contribution < -0.4 is 10.6 Å². The van der Waals surface area contributed by atoms with Gasteiger partial charge >= 0.3 is 0 Å². The molecule has 2 N–H and O–H groups in total. The number of hydrogen-bond acceptors (Lipinski definition) is 3. The van der Waals surface area contributed by atoms with Crippen molar-refractivity contribution in [1.82, 2.24) is 15.5 Å². The van der Waals surface area contributed by atoms with Crippen LogP contribution in [0, 0.1) is 0 Å². The molecule has 1 fully saturated rings. The molecule has 94 valence electrons. The summed E-state index contributed by atoms with van der Waals surface area (Å²) < 4.78 is 0. The van der Waals surface area contributed by atoms with Crippen molar-refractivity contribution in [2.45, 2.75) is 25.6 Å². The van der Waals surface area contributed by atoms with Gasteiger partial charge in [-0.25, -0.2) is 0 Å². The lowest BCUT2D eigenvalue weighted by molar-refractivity contribution is 0.256. The first-order valence-electron chi connectivity index (χ1n) is 6.43. The van der Waals surface area contributed by atoms with Crippen LogP contribution in [0.2, 0.25) is 0 Å². The van der Waals surface area contributed by atoms with Crippen LogP contribution in [0.15, 0.2) is 30.3 Å². The smallest absolute Gasteiger partial charge is 0.0320 e. The first-order chi connectivity index (χ1) is 8.24. The normalized spacial score (nSPS) is 18.1. The minimum absolute atomic E-state index is 0.552. The quantitative estimate of drug-likeness (QED) is 0.769. The predicted molar refractivity (Wildman–Crippen MR) is 72.0 cm³/mol. The molecule has 2 rings (SSSR count). The second-order valence-electron chi connectivity index (χ2n) is 5.11. The van der Waals surface area contributed by atoms with E-state index in [4.69, 9.17) is 0 Å². The van der Waals surface area contributed by atoms with Gasteiger partial charge in [-0.1, -0.05) is 30.3 Å². The van der Waals surface area contributed by atoms with Crippen LogP contribution in [0.4, 0.5) is 0 Å². The van der Waals surface area contributed by atoms with E-state index in [0.29, 0.717) is 12.1 Å². The van der Waals surface area contributed by atoms with Crippen molar-refractivity contribution in [2.24, 2.45) is 0 Å². The molecule has 0 saturated carbocycles. The maximum Gasteiger partial charge on any atom is 0.0320 e. The van der Waals surface area contributed by atoms with Crippen molar-refractivity contribution >= 4 is 0 Å². The number of rotatable bonds is 6. The Labute approximate surface area is 104 Å². The Morgan fingerprint density at radius 2 is 2.06 bits per heavy atom. The Kier molecular flexibility index (Phi) is 4.54. The molecule has 0 spiro atoms. The van der Waals surface area contributed by atoms with Crippen LogP contribution in [-0.4, -0.2) is 43.7 Å². The van der Waals surface area contributed by atoms with E-state index in [-0.39, 0.29) is 0 Å². The zero-order valence-corrected chi connectivity index (χ0v) is 10.8. The van der Waals surface area contributed by atoms with Crippen molar-refractivity contribution < 1.29 is 0 Å². The monoisotopic (exact) mass is 233 g/mol. The molecule has 1 saturated heterocycles. The second kappa shape index (κ2) is 6.15. The Hall–Kier alpha value is -0.900. The van der Waals surface area contributed by atoms with Gasteiger partial charge in [0.05, 0.1) is 0 Å². The van der Waals surface area contributed by atoms with E-state index in [1.165, 1.54) is 5.56 Å². The molecule has 3 nitrogen and oxygen atoms in total. The van der Waals surface area contributed by atoms with Crippen LogP contribution in [0.1, 0.15) is 12.5 Å². The molecule has 1 aliphatic heterocycles. The molecule has 1 aromatic rings. The number of nitrogens with zero attached hydrogens (tertiary/aromatic N) is 1. The van der Waals surface area contributed by atoms with E-state index in [9.17, 15) is 0 Å². The average molecular weight is 233 g/mol. The second-order valence-corrected chi connectivity index (χ2v) is 5.11. The third kappa shape index (κ3) is 4.11. The van der Waals surface area contributed by atoms with Gasteiger partial charge in [0.25, 0.3) is 0 Å². The standard InChI is InChI=1S/C14H23N3/c1-12(16-14-8-15-9-14)10-17(2)11-13-6-4-3-5-7-13/h3-7,12,14-16H,8-11H2,1-2H3. The molecule has 0 aromatic heterocycles. The molecule has 1 aromatic carbocycles. The van der Waals surface area contributed by atoms with E-state index in [2.05, 4.69) is 59.8 Å². The lowest BCUT2D eigenvalue weighted by Gasteiger charge is -2.32. The van der Waals surface area contributed by atoms with Gasteiger partial charge < -0.3 is 15.5 Å².